The number of para-hydroxylation sites is 1. The highest BCUT2D eigenvalue weighted by molar-refractivity contribution is 9.10. The molecular weight excluding hydrogens is 502 g/mol. The van der Waals surface area contributed by atoms with Crippen molar-refractivity contribution in [3.63, 3.8) is 0 Å². The first kappa shape index (κ1) is 24.2. The second kappa shape index (κ2) is 12.0. The molecule has 35 heavy (non-hydrogen) atoms. The first-order valence-electron chi connectivity index (χ1n) is 11.4. The number of halogens is 1. The minimum atomic E-state index is -0.769. The number of nitrogens with one attached hydrogen (secondary N) is 3. The smallest absolute Gasteiger partial charge is 0.319 e. The van der Waals surface area contributed by atoms with Crippen LogP contribution in [0.2, 0.25) is 0 Å². The molecular formula is C29H26BrN3O2. The van der Waals surface area contributed by atoms with Crippen molar-refractivity contribution >= 4 is 39.2 Å². The third-order valence-electron chi connectivity index (χ3n) is 5.50. The van der Waals surface area contributed by atoms with E-state index >= 15 is 0 Å². The summed E-state index contributed by atoms with van der Waals surface area (Å²) in [5, 5.41) is 8.69. The van der Waals surface area contributed by atoms with Crippen molar-refractivity contribution in [2.75, 3.05) is 10.6 Å². The molecule has 0 aliphatic rings. The summed E-state index contributed by atoms with van der Waals surface area (Å²) in [5.74, 6) is -0.279. The summed E-state index contributed by atoms with van der Waals surface area (Å²) in [6.45, 7) is 0. The predicted octanol–water partition coefficient (Wildman–Crippen LogP) is 6.41. The average molecular weight is 528 g/mol. The Bertz CT molecular complexity index is 1280. The third-order valence-corrected chi connectivity index (χ3v) is 5.99. The molecule has 0 aliphatic carbocycles. The molecule has 176 valence electrons. The van der Waals surface area contributed by atoms with E-state index in [4.69, 9.17) is 0 Å². The zero-order chi connectivity index (χ0) is 24.5. The van der Waals surface area contributed by atoms with Crippen LogP contribution in [-0.2, 0) is 17.6 Å². The topological polar surface area (TPSA) is 70.2 Å². The average Bonchev–Trinajstić information content (AvgIpc) is 2.86. The first-order chi connectivity index (χ1) is 17.1. The highest BCUT2D eigenvalue weighted by atomic mass is 79.9. The number of urea groups is 1. The summed E-state index contributed by atoms with van der Waals surface area (Å²) < 4.78 is 0.851. The maximum atomic E-state index is 13.4. The number of rotatable bonds is 8. The Labute approximate surface area is 213 Å². The summed E-state index contributed by atoms with van der Waals surface area (Å²) in [6.07, 6.45) is 1.05. The van der Waals surface area contributed by atoms with E-state index in [1.807, 2.05) is 84.9 Å². The van der Waals surface area contributed by atoms with E-state index < -0.39 is 12.1 Å². The maximum absolute atomic E-state index is 13.4. The molecule has 0 aromatic heterocycles. The van der Waals surface area contributed by atoms with E-state index in [0.717, 1.165) is 26.9 Å². The van der Waals surface area contributed by atoms with Crippen LogP contribution >= 0.6 is 15.9 Å². The van der Waals surface area contributed by atoms with Gasteiger partial charge in [0.15, 0.2) is 0 Å². The van der Waals surface area contributed by atoms with Crippen molar-refractivity contribution in [1.29, 1.82) is 0 Å². The molecule has 6 heteroatoms. The molecule has 1 atom stereocenters. The lowest BCUT2D eigenvalue weighted by molar-refractivity contribution is -0.117. The van der Waals surface area contributed by atoms with Gasteiger partial charge >= 0.3 is 6.03 Å². The van der Waals surface area contributed by atoms with Crippen molar-refractivity contribution in [1.82, 2.24) is 5.32 Å². The predicted molar refractivity (Wildman–Crippen MR) is 145 cm³/mol. The normalized spacial score (nSPS) is 11.3. The molecule has 0 saturated heterocycles. The fraction of sp³-hybridized carbons (Fsp3) is 0.103. The molecule has 1 unspecified atom stereocenters. The molecule has 4 aromatic rings. The van der Waals surface area contributed by atoms with Crippen LogP contribution in [0.15, 0.2) is 114 Å². The molecule has 4 rings (SSSR count). The van der Waals surface area contributed by atoms with Crippen LogP contribution in [0, 0.1) is 0 Å². The molecule has 3 amide bonds. The number of amides is 3. The fourth-order valence-electron chi connectivity index (χ4n) is 3.78. The molecule has 0 radical (unpaired) electrons. The summed E-state index contributed by atoms with van der Waals surface area (Å²) >= 11 is 3.40. The number of benzene rings is 4. The van der Waals surface area contributed by atoms with Crippen molar-refractivity contribution in [2.24, 2.45) is 0 Å². The van der Waals surface area contributed by atoms with Gasteiger partial charge in [0.1, 0.15) is 6.04 Å². The van der Waals surface area contributed by atoms with Gasteiger partial charge in [-0.15, -0.1) is 0 Å². The van der Waals surface area contributed by atoms with E-state index in [1.165, 1.54) is 0 Å². The number of hydrogen-bond donors (Lipinski definition) is 3. The lowest BCUT2D eigenvalue weighted by atomic mass is 10.0. The van der Waals surface area contributed by atoms with E-state index in [1.54, 1.807) is 12.1 Å². The van der Waals surface area contributed by atoms with Crippen LogP contribution in [0.1, 0.15) is 16.7 Å². The molecule has 0 bridgehead atoms. The highest BCUT2D eigenvalue weighted by Gasteiger charge is 2.22. The molecule has 0 fully saturated rings. The Morgan fingerprint density at radius 3 is 2.09 bits per heavy atom. The number of carbonyl (C=O) groups excluding carboxylic acids is 2. The number of anilines is 2. The standard InChI is InChI=1S/C29H26BrN3O2/c30-24-15-9-16-25(20-24)31-29(35)33-27(19-22-12-5-2-6-13-22)28(34)32-26-17-8-7-14-23(26)18-21-10-3-1-4-11-21/h1-17,20,27H,18-19H2,(H,32,34)(H2,31,33,35). The maximum Gasteiger partial charge on any atom is 0.319 e. The van der Waals surface area contributed by atoms with Crippen LogP contribution in [-0.4, -0.2) is 18.0 Å². The highest BCUT2D eigenvalue weighted by Crippen LogP contribution is 2.20. The Balaban J connectivity index is 1.51. The molecule has 0 spiro atoms. The summed E-state index contributed by atoms with van der Waals surface area (Å²) in [4.78, 5) is 26.2. The Morgan fingerprint density at radius 1 is 0.714 bits per heavy atom. The van der Waals surface area contributed by atoms with Crippen LogP contribution in [0.3, 0.4) is 0 Å². The zero-order valence-electron chi connectivity index (χ0n) is 19.1. The van der Waals surface area contributed by atoms with Gasteiger partial charge in [0.2, 0.25) is 5.91 Å². The summed E-state index contributed by atoms with van der Waals surface area (Å²) in [6, 6.07) is 33.6. The minimum Gasteiger partial charge on any atom is -0.326 e. The van der Waals surface area contributed by atoms with E-state index in [-0.39, 0.29) is 5.91 Å². The number of hydrogen-bond acceptors (Lipinski definition) is 2. The molecule has 5 nitrogen and oxygen atoms in total. The van der Waals surface area contributed by atoms with Gasteiger partial charge in [0.25, 0.3) is 0 Å². The Morgan fingerprint density at radius 2 is 1.37 bits per heavy atom. The fourth-order valence-corrected chi connectivity index (χ4v) is 4.18. The monoisotopic (exact) mass is 527 g/mol. The van der Waals surface area contributed by atoms with Gasteiger partial charge in [-0.1, -0.05) is 101 Å². The van der Waals surface area contributed by atoms with E-state index in [0.29, 0.717) is 18.5 Å². The molecule has 0 heterocycles. The van der Waals surface area contributed by atoms with Crippen molar-refractivity contribution in [3.05, 3.63) is 130 Å². The van der Waals surface area contributed by atoms with Crippen LogP contribution in [0.4, 0.5) is 16.2 Å². The summed E-state index contributed by atoms with van der Waals surface area (Å²) in [5.41, 5.74) is 4.47. The van der Waals surface area contributed by atoms with Gasteiger partial charge in [-0.25, -0.2) is 4.79 Å². The first-order valence-corrected chi connectivity index (χ1v) is 12.2. The van der Waals surface area contributed by atoms with Crippen molar-refractivity contribution in [2.45, 2.75) is 18.9 Å². The van der Waals surface area contributed by atoms with Gasteiger partial charge in [0, 0.05) is 22.3 Å². The lowest BCUT2D eigenvalue weighted by Crippen LogP contribution is -2.47. The molecule has 0 aliphatic heterocycles. The van der Waals surface area contributed by atoms with Gasteiger partial charge in [-0.3, -0.25) is 4.79 Å². The van der Waals surface area contributed by atoms with Crippen molar-refractivity contribution < 1.29 is 9.59 Å². The van der Waals surface area contributed by atoms with Crippen LogP contribution in [0.5, 0.6) is 0 Å². The zero-order valence-corrected chi connectivity index (χ0v) is 20.7. The molecule has 3 N–H and O–H groups in total. The third kappa shape index (κ3) is 7.29. The SMILES string of the molecule is O=C(Nc1cccc(Br)c1)NC(Cc1ccccc1)C(=O)Nc1ccccc1Cc1ccccc1. The van der Waals surface area contributed by atoms with Crippen LogP contribution in [0.25, 0.3) is 0 Å². The Kier molecular flexibility index (Phi) is 8.30. The molecule has 0 saturated carbocycles. The number of carbonyl (C=O) groups is 2. The summed E-state index contributed by atoms with van der Waals surface area (Å²) in [7, 11) is 0. The minimum absolute atomic E-state index is 0.279. The van der Waals surface area contributed by atoms with Gasteiger partial charge in [-0.05, 0) is 47.4 Å². The largest absolute Gasteiger partial charge is 0.326 e. The van der Waals surface area contributed by atoms with Gasteiger partial charge in [0.05, 0.1) is 0 Å². The second-order valence-electron chi connectivity index (χ2n) is 8.16. The van der Waals surface area contributed by atoms with Gasteiger partial charge in [-0.2, -0.15) is 0 Å². The quantitative estimate of drug-likeness (QED) is 0.247. The lowest BCUT2D eigenvalue weighted by Gasteiger charge is -2.20. The van der Waals surface area contributed by atoms with Crippen LogP contribution < -0.4 is 16.0 Å². The second-order valence-corrected chi connectivity index (χ2v) is 9.08. The molecule has 4 aromatic carbocycles. The van der Waals surface area contributed by atoms with E-state index in [9.17, 15) is 9.59 Å². The van der Waals surface area contributed by atoms with Gasteiger partial charge < -0.3 is 16.0 Å². The Hall–Kier alpha value is -3.90. The van der Waals surface area contributed by atoms with E-state index in [2.05, 4.69) is 44.0 Å². The van der Waals surface area contributed by atoms with Crippen molar-refractivity contribution in [3.8, 4) is 0 Å².